The summed E-state index contributed by atoms with van der Waals surface area (Å²) in [7, 11) is 0. The van der Waals surface area contributed by atoms with Crippen molar-refractivity contribution in [1.29, 1.82) is 0 Å². The van der Waals surface area contributed by atoms with E-state index in [1.807, 2.05) is 19.9 Å². The third-order valence-electron chi connectivity index (χ3n) is 6.78. The molecule has 0 spiro atoms. The summed E-state index contributed by atoms with van der Waals surface area (Å²) in [5.41, 5.74) is 2.10. The number of nitrogens with zero attached hydrogens (tertiary/aromatic N) is 5. The summed E-state index contributed by atoms with van der Waals surface area (Å²) in [4.78, 5) is 19.8. The predicted molar refractivity (Wildman–Crippen MR) is 138 cm³/mol. The summed E-state index contributed by atoms with van der Waals surface area (Å²) in [6.45, 7) is 11.3. The lowest BCUT2D eigenvalue weighted by molar-refractivity contribution is 0.0753. The van der Waals surface area contributed by atoms with Crippen molar-refractivity contribution in [2.24, 2.45) is 5.92 Å². The van der Waals surface area contributed by atoms with Gasteiger partial charge in [0.15, 0.2) is 0 Å². The van der Waals surface area contributed by atoms with E-state index in [-0.39, 0.29) is 6.10 Å². The molecule has 0 unspecified atom stereocenters. The van der Waals surface area contributed by atoms with Crippen LogP contribution in [-0.4, -0.2) is 71.9 Å². The second kappa shape index (κ2) is 11.0. The lowest BCUT2D eigenvalue weighted by atomic mass is 9.97. The van der Waals surface area contributed by atoms with Gasteiger partial charge < -0.3 is 19.3 Å². The van der Waals surface area contributed by atoms with E-state index < -0.39 is 0 Å². The molecule has 0 amide bonds. The van der Waals surface area contributed by atoms with Gasteiger partial charge in [-0.2, -0.15) is 0 Å². The quantitative estimate of drug-likeness (QED) is 0.404. The maximum atomic E-state index is 6.05. The van der Waals surface area contributed by atoms with E-state index in [2.05, 4.69) is 31.2 Å². The maximum absolute atomic E-state index is 6.05. The molecule has 0 aromatic carbocycles. The molecule has 182 valence electrons. The maximum Gasteiger partial charge on any atom is 0.221 e. The minimum absolute atomic E-state index is 0.0610. The number of pyridine rings is 1. The number of piperidine rings is 1. The fraction of sp³-hybridized carbons (Fsp3) is 0.577. The van der Waals surface area contributed by atoms with Crippen LogP contribution in [0.5, 0.6) is 5.88 Å². The molecule has 3 aromatic rings. The van der Waals surface area contributed by atoms with Gasteiger partial charge in [0.1, 0.15) is 17.0 Å². The number of ether oxygens (including phenoxy) is 2. The smallest absolute Gasteiger partial charge is 0.221 e. The number of fused-ring (bicyclic) bond motifs is 1. The molecular weight excluding hydrogens is 446 g/mol. The van der Waals surface area contributed by atoms with Crippen molar-refractivity contribution in [3.8, 4) is 17.0 Å². The van der Waals surface area contributed by atoms with Crippen LogP contribution in [0.1, 0.15) is 39.5 Å². The van der Waals surface area contributed by atoms with Crippen LogP contribution in [0.2, 0.25) is 0 Å². The van der Waals surface area contributed by atoms with E-state index in [9.17, 15) is 0 Å². The molecule has 5 heterocycles. The molecular formula is C26H35N5O2S. The van der Waals surface area contributed by atoms with Crippen LogP contribution in [0.4, 0.5) is 5.82 Å². The molecule has 0 saturated carbocycles. The molecule has 3 aromatic heterocycles. The second-order valence-corrected chi connectivity index (χ2v) is 10.5. The van der Waals surface area contributed by atoms with Gasteiger partial charge in [-0.15, -0.1) is 11.3 Å². The Kier molecular flexibility index (Phi) is 7.57. The zero-order valence-corrected chi connectivity index (χ0v) is 21.1. The van der Waals surface area contributed by atoms with Gasteiger partial charge in [-0.05, 0) is 70.7 Å². The van der Waals surface area contributed by atoms with Gasteiger partial charge in [0.25, 0.3) is 0 Å². The van der Waals surface area contributed by atoms with Crippen LogP contribution in [0.25, 0.3) is 21.3 Å². The van der Waals surface area contributed by atoms with E-state index in [1.54, 1.807) is 23.9 Å². The first-order valence-electron chi connectivity index (χ1n) is 12.6. The van der Waals surface area contributed by atoms with Crippen LogP contribution in [0.15, 0.2) is 30.0 Å². The summed E-state index contributed by atoms with van der Waals surface area (Å²) in [6, 6.07) is 4.04. The van der Waals surface area contributed by atoms with Crippen LogP contribution in [0, 0.1) is 5.92 Å². The van der Waals surface area contributed by atoms with E-state index in [1.165, 1.54) is 25.9 Å². The fourth-order valence-electron chi connectivity index (χ4n) is 4.97. The van der Waals surface area contributed by atoms with Gasteiger partial charge in [-0.1, -0.05) is 0 Å². The molecule has 2 aliphatic rings. The minimum atomic E-state index is 0.0610. The number of hydrogen-bond donors (Lipinski definition) is 0. The van der Waals surface area contributed by atoms with Crippen LogP contribution < -0.4 is 9.64 Å². The monoisotopic (exact) mass is 481 g/mol. The van der Waals surface area contributed by atoms with Crippen molar-refractivity contribution >= 4 is 27.4 Å². The number of likely N-dealkylation sites (tertiary alicyclic amines) is 1. The van der Waals surface area contributed by atoms with Crippen LogP contribution in [0.3, 0.4) is 0 Å². The highest BCUT2D eigenvalue weighted by atomic mass is 32.1. The SMILES string of the molecule is CC(C)Oc1ncccc1-c1csc2ncnc(N3CCC(COCCN4CCCC4)CC3)c12. The Balaban J connectivity index is 1.27. The van der Waals surface area contributed by atoms with E-state index in [0.29, 0.717) is 11.8 Å². The summed E-state index contributed by atoms with van der Waals surface area (Å²) >= 11 is 1.65. The average molecular weight is 482 g/mol. The van der Waals surface area contributed by atoms with Crippen molar-refractivity contribution in [1.82, 2.24) is 19.9 Å². The Bertz CT molecular complexity index is 1070. The van der Waals surface area contributed by atoms with E-state index in [0.717, 1.165) is 72.9 Å². The van der Waals surface area contributed by atoms with Crippen molar-refractivity contribution in [3.05, 3.63) is 30.0 Å². The molecule has 2 aliphatic heterocycles. The lowest BCUT2D eigenvalue weighted by Gasteiger charge is -2.33. The standard InChI is InChI=1S/C26H35N5O2S/c1-19(2)33-25-21(6-5-9-27-25)22-17-34-26-23(22)24(28-18-29-26)31-12-7-20(8-13-31)16-32-15-14-30-10-3-4-11-30/h5-6,9,17-20H,3-4,7-8,10-16H2,1-2H3. The van der Waals surface area contributed by atoms with Gasteiger partial charge in [0.05, 0.1) is 18.1 Å². The third kappa shape index (κ3) is 5.34. The highest BCUT2D eigenvalue weighted by Gasteiger charge is 2.25. The first kappa shape index (κ1) is 23.5. The second-order valence-electron chi connectivity index (χ2n) is 9.60. The number of hydrogen-bond acceptors (Lipinski definition) is 8. The van der Waals surface area contributed by atoms with Crippen LogP contribution >= 0.6 is 11.3 Å². The number of anilines is 1. The topological polar surface area (TPSA) is 63.6 Å². The average Bonchev–Trinajstić information content (AvgIpc) is 3.52. The highest BCUT2D eigenvalue weighted by molar-refractivity contribution is 7.17. The molecule has 0 atom stereocenters. The molecule has 8 heteroatoms. The summed E-state index contributed by atoms with van der Waals surface area (Å²) < 4.78 is 12.1. The molecule has 2 saturated heterocycles. The lowest BCUT2D eigenvalue weighted by Crippen LogP contribution is -2.36. The Labute approximate surface area is 206 Å². The van der Waals surface area contributed by atoms with Gasteiger partial charge in [-0.25, -0.2) is 15.0 Å². The predicted octanol–water partition coefficient (Wildman–Crippen LogP) is 4.87. The Morgan fingerprint density at radius 3 is 2.68 bits per heavy atom. The molecule has 0 radical (unpaired) electrons. The Morgan fingerprint density at radius 2 is 1.88 bits per heavy atom. The Hall–Kier alpha value is -2.29. The van der Waals surface area contributed by atoms with Gasteiger partial charge in [-0.3, -0.25) is 0 Å². The molecule has 5 rings (SSSR count). The van der Waals surface area contributed by atoms with Gasteiger partial charge >= 0.3 is 0 Å². The first-order valence-corrected chi connectivity index (χ1v) is 13.5. The normalized spacial score (nSPS) is 17.8. The third-order valence-corrected chi connectivity index (χ3v) is 7.66. The number of thiophene rings is 1. The molecule has 0 N–H and O–H groups in total. The Morgan fingerprint density at radius 1 is 1.06 bits per heavy atom. The molecule has 34 heavy (non-hydrogen) atoms. The van der Waals surface area contributed by atoms with Crippen molar-refractivity contribution in [3.63, 3.8) is 0 Å². The van der Waals surface area contributed by atoms with Crippen LogP contribution in [-0.2, 0) is 4.74 Å². The molecule has 7 nitrogen and oxygen atoms in total. The highest BCUT2D eigenvalue weighted by Crippen LogP contribution is 2.41. The van der Waals surface area contributed by atoms with Crippen molar-refractivity contribution in [2.45, 2.75) is 45.6 Å². The van der Waals surface area contributed by atoms with Crippen molar-refractivity contribution < 1.29 is 9.47 Å². The molecule has 0 aliphatic carbocycles. The van der Waals surface area contributed by atoms with E-state index >= 15 is 0 Å². The summed E-state index contributed by atoms with van der Waals surface area (Å²) in [5.74, 6) is 2.31. The summed E-state index contributed by atoms with van der Waals surface area (Å²) in [5, 5.41) is 3.27. The largest absolute Gasteiger partial charge is 0.475 e. The number of rotatable bonds is 9. The van der Waals surface area contributed by atoms with Gasteiger partial charge in [0, 0.05) is 48.9 Å². The minimum Gasteiger partial charge on any atom is -0.475 e. The zero-order chi connectivity index (χ0) is 23.3. The zero-order valence-electron chi connectivity index (χ0n) is 20.3. The summed E-state index contributed by atoms with van der Waals surface area (Å²) in [6.07, 6.45) is 8.48. The number of aromatic nitrogens is 3. The molecule has 2 fully saturated rings. The van der Waals surface area contributed by atoms with E-state index in [4.69, 9.17) is 14.5 Å². The fourth-order valence-corrected chi connectivity index (χ4v) is 5.87. The molecule has 0 bridgehead atoms. The van der Waals surface area contributed by atoms with Crippen molar-refractivity contribution in [2.75, 3.05) is 50.8 Å². The first-order chi connectivity index (χ1) is 16.7. The van der Waals surface area contributed by atoms with Gasteiger partial charge in [0.2, 0.25) is 5.88 Å².